The number of phenols is 1. The van der Waals surface area contributed by atoms with E-state index in [9.17, 15) is 5.11 Å². The first-order valence-corrected chi connectivity index (χ1v) is 9.09. The molecule has 0 bridgehead atoms. The van der Waals surface area contributed by atoms with Crippen LogP contribution in [-0.4, -0.2) is 23.3 Å². The van der Waals surface area contributed by atoms with Gasteiger partial charge < -0.3 is 14.6 Å². The van der Waals surface area contributed by atoms with E-state index in [2.05, 4.69) is 16.3 Å². The van der Waals surface area contributed by atoms with Crippen molar-refractivity contribution >= 4 is 11.3 Å². The summed E-state index contributed by atoms with van der Waals surface area (Å²) in [6.07, 6.45) is 3.76. The molecule has 5 rings (SSSR count). The number of rotatable bonds is 3. The lowest BCUT2D eigenvalue weighted by molar-refractivity contribution is 0.156. The molecule has 0 spiro atoms. The maximum absolute atomic E-state index is 10.3. The van der Waals surface area contributed by atoms with Crippen LogP contribution in [0.4, 0.5) is 0 Å². The summed E-state index contributed by atoms with van der Waals surface area (Å²) in [6.45, 7) is 2.06. The van der Waals surface area contributed by atoms with Gasteiger partial charge in [-0.05, 0) is 48.3 Å². The third-order valence-electron chi connectivity index (χ3n) is 5.13. The van der Waals surface area contributed by atoms with Gasteiger partial charge in [-0.1, -0.05) is 0 Å². The van der Waals surface area contributed by atoms with Crippen molar-refractivity contribution in [3.8, 4) is 17.2 Å². The van der Waals surface area contributed by atoms with Crippen molar-refractivity contribution in [2.24, 2.45) is 5.92 Å². The van der Waals surface area contributed by atoms with Crippen LogP contribution in [0.25, 0.3) is 0 Å². The maximum Gasteiger partial charge on any atom is 0.231 e. The SMILES string of the molecule is Oc1cc2c(cc1CN1CCc3sccc3[C@@H]1C1CC1)OCO2. The highest BCUT2D eigenvalue weighted by Crippen LogP contribution is 2.49. The number of phenolic OH excluding ortho intramolecular Hbond substituents is 1. The minimum Gasteiger partial charge on any atom is -0.507 e. The summed E-state index contributed by atoms with van der Waals surface area (Å²) in [5.41, 5.74) is 2.45. The summed E-state index contributed by atoms with van der Waals surface area (Å²) in [5, 5.41) is 12.6. The van der Waals surface area contributed by atoms with E-state index in [-0.39, 0.29) is 6.79 Å². The van der Waals surface area contributed by atoms with Gasteiger partial charge in [-0.2, -0.15) is 0 Å². The second-order valence-corrected chi connectivity index (χ2v) is 7.64. The molecule has 1 N–H and O–H groups in total. The lowest BCUT2D eigenvalue weighted by Gasteiger charge is -2.36. The zero-order chi connectivity index (χ0) is 15.4. The van der Waals surface area contributed by atoms with E-state index in [1.54, 1.807) is 10.9 Å². The van der Waals surface area contributed by atoms with Crippen LogP contribution in [0.2, 0.25) is 0 Å². The largest absolute Gasteiger partial charge is 0.507 e. The first-order valence-electron chi connectivity index (χ1n) is 8.21. The predicted octanol–water partition coefficient (Wildman–Crippen LogP) is 3.69. The van der Waals surface area contributed by atoms with Gasteiger partial charge in [0.15, 0.2) is 11.5 Å². The molecule has 23 heavy (non-hydrogen) atoms. The van der Waals surface area contributed by atoms with E-state index in [4.69, 9.17) is 9.47 Å². The Bertz CT molecular complexity index is 753. The summed E-state index contributed by atoms with van der Waals surface area (Å²) >= 11 is 1.89. The molecule has 2 aromatic rings. The smallest absolute Gasteiger partial charge is 0.231 e. The molecule has 0 radical (unpaired) electrons. The van der Waals surface area contributed by atoms with Crippen LogP contribution in [0.1, 0.15) is 34.9 Å². The van der Waals surface area contributed by atoms with Crippen molar-refractivity contribution in [2.45, 2.75) is 31.8 Å². The van der Waals surface area contributed by atoms with Crippen LogP contribution in [-0.2, 0) is 13.0 Å². The third kappa shape index (κ3) is 2.30. The molecule has 1 fully saturated rings. The van der Waals surface area contributed by atoms with Gasteiger partial charge in [-0.15, -0.1) is 11.3 Å². The lowest BCUT2D eigenvalue weighted by Crippen LogP contribution is -2.35. The van der Waals surface area contributed by atoms with Crippen molar-refractivity contribution in [1.82, 2.24) is 4.90 Å². The van der Waals surface area contributed by atoms with Crippen LogP contribution in [0.3, 0.4) is 0 Å². The van der Waals surface area contributed by atoms with Crippen LogP contribution in [0.5, 0.6) is 17.2 Å². The van der Waals surface area contributed by atoms with Gasteiger partial charge in [-0.3, -0.25) is 4.90 Å². The van der Waals surface area contributed by atoms with Crippen molar-refractivity contribution < 1.29 is 14.6 Å². The number of hydrogen-bond donors (Lipinski definition) is 1. The Morgan fingerprint density at radius 3 is 2.87 bits per heavy atom. The number of ether oxygens (including phenoxy) is 2. The highest BCUT2D eigenvalue weighted by Gasteiger charge is 2.40. The Balaban J connectivity index is 1.46. The first-order chi connectivity index (χ1) is 11.3. The summed E-state index contributed by atoms with van der Waals surface area (Å²) in [6, 6.07) is 6.43. The number of aromatic hydroxyl groups is 1. The van der Waals surface area contributed by atoms with Gasteiger partial charge in [0.05, 0.1) is 0 Å². The second-order valence-electron chi connectivity index (χ2n) is 6.64. The van der Waals surface area contributed by atoms with Gasteiger partial charge >= 0.3 is 0 Å². The van der Waals surface area contributed by atoms with Gasteiger partial charge in [0.25, 0.3) is 0 Å². The Labute approximate surface area is 139 Å². The second kappa shape index (κ2) is 5.14. The van der Waals surface area contributed by atoms with Crippen LogP contribution in [0, 0.1) is 5.92 Å². The normalized spacial score (nSPS) is 23.0. The first kappa shape index (κ1) is 13.7. The van der Waals surface area contributed by atoms with Crippen molar-refractivity contribution in [2.75, 3.05) is 13.3 Å². The van der Waals surface area contributed by atoms with Crippen molar-refractivity contribution in [3.05, 3.63) is 39.6 Å². The number of thiophene rings is 1. The lowest BCUT2D eigenvalue weighted by atomic mass is 9.95. The van der Waals surface area contributed by atoms with Gasteiger partial charge in [0.2, 0.25) is 6.79 Å². The van der Waals surface area contributed by atoms with E-state index in [1.165, 1.54) is 18.4 Å². The van der Waals surface area contributed by atoms with Crippen LogP contribution < -0.4 is 9.47 Å². The van der Waals surface area contributed by atoms with Crippen molar-refractivity contribution in [1.29, 1.82) is 0 Å². The fourth-order valence-electron chi connectivity index (χ4n) is 3.86. The Kier molecular flexibility index (Phi) is 3.06. The average molecular weight is 329 g/mol. The Hall–Kier alpha value is -1.72. The van der Waals surface area contributed by atoms with Gasteiger partial charge in [0.1, 0.15) is 5.75 Å². The summed E-state index contributed by atoms with van der Waals surface area (Å²) in [4.78, 5) is 4.08. The van der Waals surface area contributed by atoms with E-state index in [0.717, 1.165) is 36.7 Å². The quantitative estimate of drug-likeness (QED) is 0.932. The molecule has 1 aromatic carbocycles. The summed E-state index contributed by atoms with van der Waals surface area (Å²) in [7, 11) is 0. The molecule has 1 saturated carbocycles. The Morgan fingerprint density at radius 2 is 2.04 bits per heavy atom. The molecule has 3 aliphatic rings. The predicted molar refractivity (Wildman–Crippen MR) is 88.1 cm³/mol. The molecule has 2 aliphatic heterocycles. The molecule has 1 aliphatic carbocycles. The zero-order valence-electron chi connectivity index (χ0n) is 12.8. The topological polar surface area (TPSA) is 41.9 Å². The van der Waals surface area contributed by atoms with Crippen LogP contribution >= 0.6 is 11.3 Å². The molecule has 4 nitrogen and oxygen atoms in total. The Morgan fingerprint density at radius 1 is 1.22 bits per heavy atom. The molecule has 5 heteroatoms. The minimum absolute atomic E-state index is 0.241. The van der Waals surface area contributed by atoms with Gasteiger partial charge in [-0.25, -0.2) is 0 Å². The number of fused-ring (bicyclic) bond motifs is 2. The minimum atomic E-state index is 0.241. The van der Waals surface area contributed by atoms with E-state index >= 15 is 0 Å². The van der Waals surface area contributed by atoms with Crippen LogP contribution in [0.15, 0.2) is 23.6 Å². The monoisotopic (exact) mass is 329 g/mol. The third-order valence-corrected chi connectivity index (χ3v) is 6.13. The highest BCUT2D eigenvalue weighted by atomic mass is 32.1. The van der Waals surface area contributed by atoms with Gasteiger partial charge in [0, 0.05) is 35.6 Å². The number of hydrogen-bond acceptors (Lipinski definition) is 5. The zero-order valence-corrected chi connectivity index (χ0v) is 13.6. The molecular formula is C18H19NO3S. The average Bonchev–Trinajstić information content (AvgIpc) is 3.09. The molecule has 1 atom stereocenters. The molecular weight excluding hydrogens is 310 g/mol. The molecule has 0 unspecified atom stereocenters. The maximum atomic E-state index is 10.3. The molecule has 0 amide bonds. The van der Waals surface area contributed by atoms with E-state index in [1.807, 2.05) is 17.4 Å². The standard InChI is InChI=1S/C18H19NO3S/c20-14-8-16-15(21-10-22-16)7-12(14)9-19-5-3-17-13(4-6-23-17)18(19)11-1-2-11/h4,6-8,11,18,20H,1-3,5,9-10H2/t18-/m0/s1. The highest BCUT2D eigenvalue weighted by molar-refractivity contribution is 7.10. The van der Waals surface area contributed by atoms with E-state index < -0.39 is 0 Å². The molecule has 0 saturated heterocycles. The summed E-state index contributed by atoms with van der Waals surface area (Å²) in [5.74, 6) is 2.47. The molecule has 1 aromatic heterocycles. The molecule has 120 valence electrons. The molecule has 3 heterocycles. The number of nitrogens with zero attached hydrogens (tertiary/aromatic N) is 1. The van der Waals surface area contributed by atoms with Crippen molar-refractivity contribution in [3.63, 3.8) is 0 Å². The number of benzene rings is 1. The van der Waals surface area contributed by atoms with E-state index in [0.29, 0.717) is 17.5 Å². The fraction of sp³-hybridized carbons (Fsp3) is 0.444. The summed E-state index contributed by atoms with van der Waals surface area (Å²) < 4.78 is 10.8. The fourth-order valence-corrected chi connectivity index (χ4v) is 4.77.